The van der Waals surface area contributed by atoms with Crippen LogP contribution in [0.3, 0.4) is 0 Å². The molecule has 0 spiro atoms. The van der Waals surface area contributed by atoms with Crippen LogP contribution in [0.15, 0.2) is 42.7 Å². The molecule has 1 aliphatic heterocycles. The van der Waals surface area contributed by atoms with Crippen molar-refractivity contribution in [2.75, 3.05) is 24.5 Å². The van der Waals surface area contributed by atoms with Gasteiger partial charge in [0.2, 0.25) is 0 Å². The minimum absolute atomic E-state index is 0.0475. The monoisotopic (exact) mass is 381 g/mol. The first-order chi connectivity index (χ1) is 13.1. The SMILES string of the molecule is CC(C)n1cc2cc(C(=O)NCCCN3CCCc4ccccc43)sc2c1. The quantitative estimate of drug-likeness (QED) is 0.619. The van der Waals surface area contributed by atoms with E-state index in [0.717, 1.165) is 29.8 Å². The fourth-order valence-electron chi connectivity index (χ4n) is 3.77. The third kappa shape index (κ3) is 3.88. The van der Waals surface area contributed by atoms with Crippen molar-refractivity contribution >= 4 is 33.0 Å². The van der Waals surface area contributed by atoms with E-state index in [4.69, 9.17) is 0 Å². The molecule has 0 aliphatic carbocycles. The molecular formula is C22H27N3OS. The van der Waals surface area contributed by atoms with Gasteiger partial charge in [0.05, 0.1) is 9.58 Å². The van der Waals surface area contributed by atoms with Crippen LogP contribution < -0.4 is 10.2 Å². The van der Waals surface area contributed by atoms with Gasteiger partial charge in [-0.2, -0.15) is 0 Å². The van der Waals surface area contributed by atoms with Crippen LogP contribution in [0.1, 0.15) is 48.0 Å². The topological polar surface area (TPSA) is 37.3 Å². The third-order valence-corrected chi connectivity index (χ3v) is 6.35. The maximum absolute atomic E-state index is 12.5. The molecule has 0 atom stereocenters. The highest BCUT2D eigenvalue weighted by atomic mass is 32.1. The van der Waals surface area contributed by atoms with Crippen molar-refractivity contribution in [1.82, 2.24) is 9.88 Å². The first-order valence-electron chi connectivity index (χ1n) is 9.84. The van der Waals surface area contributed by atoms with E-state index in [1.54, 1.807) is 11.3 Å². The number of hydrogen-bond acceptors (Lipinski definition) is 3. The Morgan fingerprint density at radius 1 is 1.26 bits per heavy atom. The molecule has 4 nitrogen and oxygen atoms in total. The van der Waals surface area contributed by atoms with Crippen LogP contribution >= 0.6 is 11.3 Å². The highest BCUT2D eigenvalue weighted by molar-refractivity contribution is 7.20. The summed E-state index contributed by atoms with van der Waals surface area (Å²) in [6.07, 6.45) is 7.61. The Morgan fingerprint density at radius 3 is 2.93 bits per heavy atom. The minimum atomic E-state index is 0.0475. The summed E-state index contributed by atoms with van der Waals surface area (Å²) < 4.78 is 3.37. The van der Waals surface area contributed by atoms with E-state index < -0.39 is 0 Å². The average molecular weight is 382 g/mol. The lowest BCUT2D eigenvalue weighted by Crippen LogP contribution is -2.33. The van der Waals surface area contributed by atoms with Crippen molar-refractivity contribution in [3.63, 3.8) is 0 Å². The number of benzene rings is 1. The molecule has 0 unspecified atom stereocenters. The van der Waals surface area contributed by atoms with Gasteiger partial charge >= 0.3 is 0 Å². The Bertz CT molecular complexity index is 909. The van der Waals surface area contributed by atoms with Crippen molar-refractivity contribution < 1.29 is 4.79 Å². The molecule has 1 aliphatic rings. The molecular weight excluding hydrogens is 354 g/mol. The van der Waals surface area contributed by atoms with Crippen molar-refractivity contribution in [3.05, 3.63) is 53.2 Å². The number of thiophene rings is 1. The number of carbonyl (C=O) groups is 1. The highest BCUT2D eigenvalue weighted by Crippen LogP contribution is 2.28. The molecule has 5 heteroatoms. The minimum Gasteiger partial charge on any atom is -0.371 e. The van der Waals surface area contributed by atoms with Crippen molar-refractivity contribution in [2.45, 2.75) is 39.2 Å². The van der Waals surface area contributed by atoms with Gasteiger partial charge in [-0.25, -0.2) is 0 Å². The first kappa shape index (κ1) is 18.1. The predicted molar refractivity (Wildman–Crippen MR) is 114 cm³/mol. The number of amides is 1. The molecule has 1 N–H and O–H groups in total. The summed E-state index contributed by atoms with van der Waals surface area (Å²) in [5.74, 6) is 0.0475. The summed E-state index contributed by atoms with van der Waals surface area (Å²) in [4.78, 5) is 15.7. The van der Waals surface area contributed by atoms with Crippen LogP contribution in [0.2, 0.25) is 0 Å². The zero-order chi connectivity index (χ0) is 18.8. The second-order valence-corrected chi connectivity index (χ2v) is 8.64. The molecule has 1 amide bonds. The molecule has 1 aromatic carbocycles. The first-order valence-corrected chi connectivity index (χ1v) is 10.7. The second kappa shape index (κ2) is 7.77. The summed E-state index contributed by atoms with van der Waals surface area (Å²) in [6.45, 7) is 7.14. The van der Waals surface area contributed by atoms with Crippen LogP contribution in [0.4, 0.5) is 5.69 Å². The molecule has 0 radical (unpaired) electrons. The van der Waals surface area contributed by atoms with E-state index in [1.807, 2.05) is 6.07 Å². The van der Waals surface area contributed by atoms with Gasteiger partial charge in [0.15, 0.2) is 0 Å². The number of nitrogens with zero attached hydrogens (tertiary/aromatic N) is 2. The van der Waals surface area contributed by atoms with Crippen molar-refractivity contribution in [2.24, 2.45) is 0 Å². The summed E-state index contributed by atoms with van der Waals surface area (Å²) in [5, 5.41) is 4.24. The van der Waals surface area contributed by atoms with Gasteiger partial charge in [-0.05, 0) is 50.8 Å². The Balaban J connectivity index is 1.29. The molecule has 4 rings (SSSR count). The van der Waals surface area contributed by atoms with Crippen molar-refractivity contribution in [1.29, 1.82) is 0 Å². The predicted octanol–water partition coefficient (Wildman–Crippen LogP) is 4.86. The largest absolute Gasteiger partial charge is 0.371 e. The van der Waals surface area contributed by atoms with Gasteiger partial charge in [-0.1, -0.05) is 18.2 Å². The average Bonchev–Trinajstić information content (AvgIpc) is 3.24. The molecule has 2 aromatic heterocycles. The maximum Gasteiger partial charge on any atom is 0.261 e. The third-order valence-electron chi connectivity index (χ3n) is 5.26. The van der Waals surface area contributed by atoms with E-state index >= 15 is 0 Å². The van der Waals surface area contributed by atoms with Gasteiger partial charge < -0.3 is 14.8 Å². The number of para-hydroxylation sites is 1. The Labute approximate surface area is 164 Å². The summed E-state index contributed by atoms with van der Waals surface area (Å²) >= 11 is 1.58. The van der Waals surface area contributed by atoms with E-state index in [9.17, 15) is 4.79 Å². The summed E-state index contributed by atoms with van der Waals surface area (Å²) in [5.41, 5.74) is 2.81. The standard InChI is InChI=1S/C22H27N3OS/c1-16(2)25-14-18-13-20(27-21(18)15-25)22(26)23-10-6-12-24-11-5-8-17-7-3-4-9-19(17)24/h3-4,7,9,13-16H,5-6,8,10-12H2,1-2H3,(H,23,26). The number of aromatic nitrogens is 1. The van der Waals surface area contributed by atoms with E-state index in [1.165, 1.54) is 28.8 Å². The van der Waals surface area contributed by atoms with Crippen LogP contribution in [-0.2, 0) is 6.42 Å². The van der Waals surface area contributed by atoms with E-state index in [2.05, 4.69) is 65.3 Å². The molecule has 0 bridgehead atoms. The fraction of sp³-hybridized carbons (Fsp3) is 0.409. The van der Waals surface area contributed by atoms with Gasteiger partial charge in [0.1, 0.15) is 0 Å². The number of fused-ring (bicyclic) bond motifs is 2. The smallest absolute Gasteiger partial charge is 0.261 e. The Morgan fingerprint density at radius 2 is 2.11 bits per heavy atom. The molecule has 142 valence electrons. The molecule has 27 heavy (non-hydrogen) atoms. The van der Waals surface area contributed by atoms with Crippen LogP contribution in [0.25, 0.3) is 10.1 Å². The second-order valence-electron chi connectivity index (χ2n) is 7.56. The lowest BCUT2D eigenvalue weighted by molar-refractivity contribution is 0.0957. The molecule has 3 aromatic rings. The van der Waals surface area contributed by atoms with Crippen LogP contribution in [0, 0.1) is 0 Å². The normalized spacial score (nSPS) is 14.0. The number of anilines is 1. The van der Waals surface area contributed by atoms with Gasteiger partial charge in [-0.3, -0.25) is 4.79 Å². The fourth-order valence-corrected chi connectivity index (χ4v) is 4.76. The molecule has 0 saturated heterocycles. The number of aryl methyl sites for hydroxylation is 1. The zero-order valence-corrected chi connectivity index (χ0v) is 16.9. The lowest BCUT2D eigenvalue weighted by Gasteiger charge is -2.31. The van der Waals surface area contributed by atoms with E-state index in [0.29, 0.717) is 12.6 Å². The highest BCUT2D eigenvalue weighted by Gasteiger charge is 2.16. The molecule has 3 heterocycles. The molecule has 0 fully saturated rings. The van der Waals surface area contributed by atoms with Crippen molar-refractivity contribution in [3.8, 4) is 0 Å². The Kier molecular flexibility index (Phi) is 5.21. The van der Waals surface area contributed by atoms with Crippen LogP contribution in [0.5, 0.6) is 0 Å². The van der Waals surface area contributed by atoms with Gasteiger partial charge in [0, 0.05) is 49.1 Å². The maximum atomic E-state index is 12.5. The van der Waals surface area contributed by atoms with Gasteiger partial charge in [-0.15, -0.1) is 11.3 Å². The summed E-state index contributed by atoms with van der Waals surface area (Å²) in [7, 11) is 0. The van der Waals surface area contributed by atoms with Gasteiger partial charge in [0.25, 0.3) is 5.91 Å². The lowest BCUT2D eigenvalue weighted by atomic mass is 10.0. The number of carbonyl (C=O) groups excluding carboxylic acids is 1. The molecule has 0 saturated carbocycles. The Hall–Kier alpha value is -2.27. The van der Waals surface area contributed by atoms with Crippen LogP contribution in [-0.4, -0.2) is 30.1 Å². The zero-order valence-electron chi connectivity index (χ0n) is 16.1. The number of hydrogen-bond donors (Lipinski definition) is 1. The summed E-state index contributed by atoms with van der Waals surface area (Å²) in [6, 6.07) is 11.1. The number of nitrogens with one attached hydrogen (secondary N) is 1. The number of rotatable bonds is 6. The van der Waals surface area contributed by atoms with E-state index in [-0.39, 0.29) is 5.91 Å².